The Balaban J connectivity index is 2.99. The Labute approximate surface area is 116 Å². The van der Waals surface area contributed by atoms with Gasteiger partial charge < -0.3 is 15.3 Å². The fraction of sp³-hybridized carbons (Fsp3) is 0.300. The largest absolute Gasteiger partial charge is 0.507 e. The number of benzene rings is 1. The van der Waals surface area contributed by atoms with Crippen molar-refractivity contribution in [1.82, 2.24) is 4.72 Å². The lowest BCUT2D eigenvalue weighted by Crippen LogP contribution is -2.40. The SMILES string of the molecule is O=C(O)c1cc(S(=O)(=O)NCC(O)C(F)(F)F)ccc1O. The molecular formula is C10H10F3NO6S. The zero-order valence-corrected chi connectivity index (χ0v) is 10.9. The number of carboxylic acids is 1. The van der Waals surface area contributed by atoms with Crippen LogP contribution in [0.5, 0.6) is 5.75 Å². The van der Waals surface area contributed by atoms with E-state index in [1.54, 1.807) is 0 Å². The van der Waals surface area contributed by atoms with Gasteiger partial charge in [-0.05, 0) is 18.2 Å². The van der Waals surface area contributed by atoms with Crippen LogP contribution in [0.25, 0.3) is 0 Å². The molecule has 0 aromatic heterocycles. The van der Waals surface area contributed by atoms with Crippen molar-refractivity contribution >= 4 is 16.0 Å². The molecular weight excluding hydrogens is 319 g/mol. The zero-order valence-electron chi connectivity index (χ0n) is 10.1. The van der Waals surface area contributed by atoms with E-state index in [1.807, 2.05) is 0 Å². The molecule has 1 unspecified atom stereocenters. The summed E-state index contributed by atoms with van der Waals surface area (Å²) in [6, 6.07) is 2.17. The summed E-state index contributed by atoms with van der Waals surface area (Å²) in [5.74, 6) is -2.31. The summed E-state index contributed by atoms with van der Waals surface area (Å²) in [7, 11) is -4.47. The van der Waals surface area contributed by atoms with Gasteiger partial charge in [-0.2, -0.15) is 13.2 Å². The van der Waals surface area contributed by atoms with Gasteiger partial charge in [-0.15, -0.1) is 0 Å². The number of nitrogens with one attached hydrogen (secondary N) is 1. The van der Waals surface area contributed by atoms with Gasteiger partial charge in [0.1, 0.15) is 11.3 Å². The van der Waals surface area contributed by atoms with Crippen LogP contribution in [0.15, 0.2) is 23.1 Å². The molecule has 0 aliphatic heterocycles. The predicted octanol–water partition coefficient (Wildman–Crippen LogP) is 0.292. The molecule has 0 aliphatic rings. The number of aliphatic hydroxyl groups is 1. The monoisotopic (exact) mass is 329 g/mol. The number of rotatable bonds is 5. The van der Waals surface area contributed by atoms with Crippen molar-refractivity contribution < 1.29 is 41.7 Å². The molecule has 0 heterocycles. The number of phenols is 1. The Morgan fingerprint density at radius 2 is 1.90 bits per heavy atom. The minimum absolute atomic E-state index is 0.583. The average molecular weight is 329 g/mol. The summed E-state index contributed by atoms with van der Waals surface area (Å²) in [6.45, 7) is -1.32. The Morgan fingerprint density at radius 1 is 1.33 bits per heavy atom. The molecule has 0 bridgehead atoms. The van der Waals surface area contributed by atoms with E-state index < -0.39 is 51.0 Å². The molecule has 11 heteroatoms. The maximum atomic E-state index is 12.1. The van der Waals surface area contributed by atoms with E-state index in [0.717, 1.165) is 12.1 Å². The Hall–Kier alpha value is -1.85. The predicted molar refractivity (Wildman–Crippen MR) is 62.3 cm³/mol. The van der Waals surface area contributed by atoms with Crippen molar-refractivity contribution in [2.45, 2.75) is 17.2 Å². The van der Waals surface area contributed by atoms with Gasteiger partial charge in [0.05, 0.1) is 4.90 Å². The molecule has 0 saturated carbocycles. The Morgan fingerprint density at radius 3 is 2.38 bits per heavy atom. The molecule has 118 valence electrons. The number of alkyl halides is 3. The highest BCUT2D eigenvalue weighted by Gasteiger charge is 2.38. The lowest BCUT2D eigenvalue weighted by molar-refractivity contribution is -0.200. The first-order chi connectivity index (χ1) is 9.45. The quantitative estimate of drug-likeness (QED) is 0.616. The molecule has 0 fully saturated rings. The fourth-order valence-corrected chi connectivity index (χ4v) is 2.31. The Kier molecular flexibility index (Phi) is 4.81. The van der Waals surface area contributed by atoms with Crippen molar-refractivity contribution in [2.24, 2.45) is 0 Å². The first-order valence-electron chi connectivity index (χ1n) is 5.26. The zero-order chi connectivity index (χ0) is 16.4. The van der Waals surface area contributed by atoms with Gasteiger partial charge in [0.15, 0.2) is 6.10 Å². The van der Waals surface area contributed by atoms with Gasteiger partial charge in [0, 0.05) is 6.54 Å². The van der Waals surface area contributed by atoms with Crippen LogP contribution in [0.1, 0.15) is 10.4 Å². The van der Waals surface area contributed by atoms with Crippen molar-refractivity contribution in [1.29, 1.82) is 0 Å². The molecule has 1 aromatic carbocycles. The third kappa shape index (κ3) is 4.31. The summed E-state index contributed by atoms with van der Waals surface area (Å²) < 4.78 is 61.0. The van der Waals surface area contributed by atoms with Crippen LogP contribution < -0.4 is 4.72 Å². The molecule has 1 rings (SSSR count). The number of hydrogen-bond acceptors (Lipinski definition) is 5. The van der Waals surface area contributed by atoms with Crippen LogP contribution in [0.4, 0.5) is 13.2 Å². The van der Waals surface area contributed by atoms with Crippen molar-refractivity contribution in [3.63, 3.8) is 0 Å². The molecule has 0 aliphatic carbocycles. The van der Waals surface area contributed by atoms with E-state index in [0.29, 0.717) is 6.07 Å². The number of carbonyl (C=O) groups is 1. The second kappa shape index (κ2) is 5.87. The second-order valence-electron chi connectivity index (χ2n) is 3.89. The highest BCUT2D eigenvalue weighted by molar-refractivity contribution is 7.89. The van der Waals surface area contributed by atoms with Gasteiger partial charge in [-0.3, -0.25) is 0 Å². The first-order valence-corrected chi connectivity index (χ1v) is 6.74. The Bertz CT molecular complexity index is 643. The van der Waals surface area contributed by atoms with Crippen molar-refractivity contribution in [2.75, 3.05) is 6.54 Å². The molecule has 0 spiro atoms. The third-order valence-corrected chi connectivity index (χ3v) is 3.77. The number of aromatic hydroxyl groups is 1. The topological polar surface area (TPSA) is 124 Å². The normalized spacial score (nSPS) is 13.9. The average Bonchev–Trinajstić information content (AvgIpc) is 2.34. The van der Waals surface area contributed by atoms with Gasteiger partial charge in [0.25, 0.3) is 0 Å². The lowest BCUT2D eigenvalue weighted by atomic mass is 10.2. The van der Waals surface area contributed by atoms with Crippen LogP contribution in [0.2, 0.25) is 0 Å². The van der Waals surface area contributed by atoms with Crippen LogP contribution in [-0.4, -0.2) is 48.5 Å². The van der Waals surface area contributed by atoms with E-state index in [-0.39, 0.29) is 0 Å². The number of aromatic carboxylic acids is 1. The summed E-state index contributed by atoms with van der Waals surface area (Å²) in [4.78, 5) is 10.1. The summed E-state index contributed by atoms with van der Waals surface area (Å²) in [6.07, 6.45) is -7.90. The number of sulfonamides is 1. The van der Waals surface area contributed by atoms with E-state index in [2.05, 4.69) is 0 Å². The van der Waals surface area contributed by atoms with Crippen LogP contribution in [0, 0.1) is 0 Å². The van der Waals surface area contributed by atoms with E-state index in [4.69, 9.17) is 10.2 Å². The van der Waals surface area contributed by atoms with Gasteiger partial charge in [-0.1, -0.05) is 0 Å². The van der Waals surface area contributed by atoms with Crippen molar-refractivity contribution in [3.05, 3.63) is 23.8 Å². The maximum Gasteiger partial charge on any atom is 0.415 e. The van der Waals surface area contributed by atoms with Gasteiger partial charge in [0.2, 0.25) is 10.0 Å². The minimum Gasteiger partial charge on any atom is -0.507 e. The number of hydrogen-bond donors (Lipinski definition) is 4. The lowest BCUT2D eigenvalue weighted by Gasteiger charge is -2.15. The smallest absolute Gasteiger partial charge is 0.415 e. The second-order valence-corrected chi connectivity index (χ2v) is 5.66. The molecule has 1 atom stereocenters. The fourth-order valence-electron chi connectivity index (χ4n) is 1.24. The van der Waals surface area contributed by atoms with E-state index in [1.165, 1.54) is 4.72 Å². The highest BCUT2D eigenvalue weighted by Crippen LogP contribution is 2.22. The molecule has 0 amide bonds. The molecule has 0 saturated heterocycles. The summed E-state index contributed by atoms with van der Waals surface area (Å²) >= 11 is 0. The molecule has 4 N–H and O–H groups in total. The summed E-state index contributed by atoms with van der Waals surface area (Å²) in [5.41, 5.74) is -0.728. The number of carboxylic acid groups (broad SMARTS) is 1. The summed E-state index contributed by atoms with van der Waals surface area (Å²) in [5, 5.41) is 26.6. The molecule has 21 heavy (non-hydrogen) atoms. The molecule has 0 radical (unpaired) electrons. The standard InChI is InChI=1S/C10H10F3NO6S/c11-10(12,13)8(16)4-14-21(19,20)5-1-2-7(15)6(3-5)9(17)18/h1-3,8,14-16H,4H2,(H,17,18). The first kappa shape index (κ1) is 17.2. The van der Waals surface area contributed by atoms with Crippen molar-refractivity contribution in [3.8, 4) is 5.75 Å². The van der Waals surface area contributed by atoms with Gasteiger partial charge >= 0.3 is 12.1 Å². The highest BCUT2D eigenvalue weighted by atomic mass is 32.2. The molecule has 7 nitrogen and oxygen atoms in total. The molecule has 1 aromatic rings. The van der Waals surface area contributed by atoms with Crippen LogP contribution >= 0.6 is 0 Å². The van der Waals surface area contributed by atoms with E-state index >= 15 is 0 Å². The maximum absolute atomic E-state index is 12.1. The van der Waals surface area contributed by atoms with Crippen LogP contribution in [0.3, 0.4) is 0 Å². The van der Waals surface area contributed by atoms with E-state index in [9.17, 15) is 31.5 Å². The number of halogens is 3. The number of aliphatic hydroxyl groups excluding tert-OH is 1. The minimum atomic E-state index is -5.00. The van der Waals surface area contributed by atoms with Gasteiger partial charge in [-0.25, -0.2) is 17.9 Å². The third-order valence-electron chi connectivity index (χ3n) is 2.35. The van der Waals surface area contributed by atoms with Crippen LogP contribution in [-0.2, 0) is 10.0 Å².